The van der Waals surface area contributed by atoms with Gasteiger partial charge in [0.1, 0.15) is 0 Å². The highest BCUT2D eigenvalue weighted by atomic mass is 16.5. The smallest absolute Gasteiger partial charge is 0.335 e. The van der Waals surface area contributed by atoms with Gasteiger partial charge in [0.2, 0.25) is 0 Å². The van der Waals surface area contributed by atoms with Crippen molar-refractivity contribution in [3.05, 3.63) is 11.3 Å². The van der Waals surface area contributed by atoms with Gasteiger partial charge in [0.15, 0.2) is 0 Å². The van der Waals surface area contributed by atoms with Crippen molar-refractivity contribution in [3.63, 3.8) is 0 Å². The summed E-state index contributed by atoms with van der Waals surface area (Å²) < 4.78 is 10.2. The van der Waals surface area contributed by atoms with Crippen molar-refractivity contribution in [3.8, 4) is 0 Å². The number of hydrogen-bond acceptors (Lipinski definition) is 4. The molecule has 4 nitrogen and oxygen atoms in total. The fraction of sp³-hybridized carbons (Fsp3) is 0.727. The van der Waals surface area contributed by atoms with Crippen LogP contribution in [-0.2, 0) is 14.3 Å². The Labute approximate surface area is 90.4 Å². The number of carbonyl (C=O) groups is 1. The maximum absolute atomic E-state index is 11.6. The van der Waals surface area contributed by atoms with Gasteiger partial charge in [-0.25, -0.2) is 4.79 Å². The van der Waals surface area contributed by atoms with Crippen molar-refractivity contribution in [1.29, 1.82) is 0 Å². The summed E-state index contributed by atoms with van der Waals surface area (Å²) in [4.78, 5) is 11.6. The van der Waals surface area contributed by atoms with Crippen molar-refractivity contribution >= 4 is 5.97 Å². The Balaban J connectivity index is 2.49. The second-order valence-corrected chi connectivity index (χ2v) is 3.69. The largest absolute Gasteiger partial charge is 0.462 e. The van der Waals surface area contributed by atoms with E-state index < -0.39 is 0 Å². The predicted molar refractivity (Wildman–Crippen MR) is 57.1 cm³/mol. The van der Waals surface area contributed by atoms with Gasteiger partial charge in [-0.2, -0.15) is 0 Å². The van der Waals surface area contributed by atoms with E-state index in [0.717, 1.165) is 19.3 Å². The maximum atomic E-state index is 11.6. The lowest BCUT2D eigenvalue weighted by Gasteiger charge is -2.08. The van der Waals surface area contributed by atoms with Crippen LogP contribution in [0.3, 0.4) is 0 Å². The Hall–Kier alpha value is -1.03. The van der Waals surface area contributed by atoms with E-state index >= 15 is 0 Å². The van der Waals surface area contributed by atoms with Gasteiger partial charge >= 0.3 is 5.97 Å². The molecule has 0 spiro atoms. The van der Waals surface area contributed by atoms with Crippen LogP contribution < -0.4 is 5.73 Å². The van der Waals surface area contributed by atoms with E-state index in [1.54, 1.807) is 7.11 Å². The Bertz CT molecular complexity index is 261. The number of carbonyl (C=O) groups excluding carboxylic acids is 1. The second kappa shape index (κ2) is 5.75. The van der Waals surface area contributed by atoms with Gasteiger partial charge < -0.3 is 15.2 Å². The minimum Gasteiger partial charge on any atom is -0.462 e. The van der Waals surface area contributed by atoms with Crippen LogP contribution >= 0.6 is 0 Å². The van der Waals surface area contributed by atoms with Crippen molar-refractivity contribution in [2.24, 2.45) is 5.73 Å². The number of unbranched alkanes of at least 4 members (excludes halogenated alkanes) is 1. The second-order valence-electron chi connectivity index (χ2n) is 3.69. The molecule has 15 heavy (non-hydrogen) atoms. The third kappa shape index (κ3) is 2.96. The van der Waals surface area contributed by atoms with Crippen molar-refractivity contribution in [2.45, 2.75) is 38.7 Å². The zero-order valence-corrected chi connectivity index (χ0v) is 9.41. The first-order chi connectivity index (χ1) is 7.20. The fourth-order valence-corrected chi connectivity index (χ4v) is 1.63. The van der Waals surface area contributed by atoms with E-state index in [1.165, 1.54) is 0 Å². The number of methoxy groups -OCH3 is 1. The molecule has 1 rings (SSSR count). The van der Waals surface area contributed by atoms with Crippen LogP contribution in [0.2, 0.25) is 0 Å². The van der Waals surface area contributed by atoms with Gasteiger partial charge in [-0.3, -0.25) is 0 Å². The lowest BCUT2D eigenvalue weighted by Crippen LogP contribution is -2.18. The van der Waals surface area contributed by atoms with Crippen molar-refractivity contribution in [1.82, 2.24) is 0 Å². The minimum absolute atomic E-state index is 0.112. The van der Waals surface area contributed by atoms with Crippen molar-refractivity contribution < 1.29 is 14.3 Å². The molecular formula is C11H19NO3. The first-order valence-corrected chi connectivity index (χ1v) is 5.39. The summed E-state index contributed by atoms with van der Waals surface area (Å²) in [6.07, 6.45) is 3.24. The molecule has 4 heteroatoms. The molecule has 86 valence electrons. The quantitative estimate of drug-likeness (QED) is 0.553. The molecule has 0 saturated heterocycles. The van der Waals surface area contributed by atoms with Crippen LogP contribution in [0, 0.1) is 0 Å². The Morgan fingerprint density at radius 1 is 1.60 bits per heavy atom. The van der Waals surface area contributed by atoms with Crippen LogP contribution in [0.1, 0.15) is 32.6 Å². The first kappa shape index (κ1) is 12.0. The molecule has 0 aromatic rings. The standard InChI is InChI=1S/C11H19NO3/c1-3-4-7-15-11(13)8-5-6-9(14-2)10(8)12/h9H,3-7,12H2,1-2H3. The van der Waals surface area contributed by atoms with Crippen LogP contribution in [0.25, 0.3) is 0 Å². The van der Waals surface area contributed by atoms with Gasteiger partial charge in [0.05, 0.1) is 18.3 Å². The molecule has 0 saturated carbocycles. The highest BCUT2D eigenvalue weighted by Gasteiger charge is 2.28. The van der Waals surface area contributed by atoms with E-state index in [9.17, 15) is 4.79 Å². The van der Waals surface area contributed by atoms with Gasteiger partial charge in [0, 0.05) is 12.8 Å². The third-order valence-corrected chi connectivity index (χ3v) is 2.61. The normalized spacial score (nSPS) is 20.8. The van der Waals surface area contributed by atoms with Crippen LogP contribution in [0.4, 0.5) is 0 Å². The molecule has 0 aliphatic heterocycles. The van der Waals surface area contributed by atoms with E-state index in [-0.39, 0.29) is 12.1 Å². The molecule has 0 fully saturated rings. The Morgan fingerprint density at radius 2 is 2.33 bits per heavy atom. The van der Waals surface area contributed by atoms with Gasteiger partial charge in [-0.05, 0) is 19.3 Å². The molecule has 0 aromatic carbocycles. The number of nitrogens with two attached hydrogens (primary N) is 1. The average molecular weight is 213 g/mol. The zero-order chi connectivity index (χ0) is 11.3. The van der Waals surface area contributed by atoms with Crippen LogP contribution in [0.5, 0.6) is 0 Å². The lowest BCUT2D eigenvalue weighted by molar-refractivity contribution is -0.139. The van der Waals surface area contributed by atoms with Gasteiger partial charge in [-0.15, -0.1) is 0 Å². The first-order valence-electron chi connectivity index (χ1n) is 5.39. The van der Waals surface area contributed by atoms with E-state index in [0.29, 0.717) is 24.3 Å². The van der Waals surface area contributed by atoms with Gasteiger partial charge in [-0.1, -0.05) is 13.3 Å². The molecule has 0 heterocycles. The zero-order valence-electron chi connectivity index (χ0n) is 9.41. The molecule has 1 aliphatic rings. The summed E-state index contributed by atoms with van der Waals surface area (Å²) in [6, 6.07) is 0. The molecular weight excluding hydrogens is 194 g/mol. The third-order valence-electron chi connectivity index (χ3n) is 2.61. The van der Waals surface area contributed by atoms with Crippen LogP contribution in [0.15, 0.2) is 11.3 Å². The molecule has 1 unspecified atom stereocenters. The minimum atomic E-state index is -0.277. The molecule has 0 amide bonds. The van der Waals surface area contributed by atoms with Crippen LogP contribution in [-0.4, -0.2) is 25.8 Å². The molecule has 2 N–H and O–H groups in total. The summed E-state index contributed by atoms with van der Waals surface area (Å²) in [5, 5.41) is 0. The highest BCUT2D eigenvalue weighted by Crippen LogP contribution is 2.25. The lowest BCUT2D eigenvalue weighted by atomic mass is 10.2. The molecule has 0 radical (unpaired) electrons. The summed E-state index contributed by atoms with van der Waals surface area (Å²) in [7, 11) is 1.60. The topological polar surface area (TPSA) is 61.5 Å². The SMILES string of the molecule is CCCCOC(=O)C1=C(N)C(OC)CC1. The van der Waals surface area contributed by atoms with Crippen molar-refractivity contribution in [2.75, 3.05) is 13.7 Å². The summed E-state index contributed by atoms with van der Waals surface area (Å²) in [5.74, 6) is -0.277. The molecule has 1 aliphatic carbocycles. The Morgan fingerprint density at radius 3 is 2.87 bits per heavy atom. The number of ether oxygens (including phenoxy) is 2. The average Bonchev–Trinajstić information content (AvgIpc) is 2.60. The summed E-state index contributed by atoms with van der Waals surface area (Å²) in [6.45, 7) is 2.53. The predicted octanol–water partition coefficient (Wildman–Crippen LogP) is 1.35. The van der Waals surface area contributed by atoms with E-state index in [4.69, 9.17) is 15.2 Å². The summed E-state index contributed by atoms with van der Waals surface area (Å²) >= 11 is 0. The number of esters is 1. The number of rotatable bonds is 5. The Kier molecular flexibility index (Phi) is 4.62. The fourth-order valence-electron chi connectivity index (χ4n) is 1.63. The molecule has 0 bridgehead atoms. The molecule has 1 atom stereocenters. The van der Waals surface area contributed by atoms with E-state index in [2.05, 4.69) is 6.92 Å². The maximum Gasteiger partial charge on any atom is 0.335 e. The molecule has 0 aromatic heterocycles. The summed E-state index contributed by atoms with van der Waals surface area (Å²) in [5.41, 5.74) is 6.93. The monoisotopic (exact) mass is 213 g/mol. The van der Waals surface area contributed by atoms with Gasteiger partial charge in [0.25, 0.3) is 0 Å². The number of hydrogen-bond donors (Lipinski definition) is 1. The van der Waals surface area contributed by atoms with E-state index in [1.807, 2.05) is 0 Å². The highest BCUT2D eigenvalue weighted by molar-refractivity contribution is 5.90.